The zero-order chi connectivity index (χ0) is 17.1. The fraction of sp³-hybridized carbons (Fsp3) is 0.579. The first-order valence-electron chi connectivity index (χ1n) is 9.11. The number of anilines is 1. The minimum atomic E-state index is -0.240. The number of nitrogens with zero attached hydrogens (tertiary/aromatic N) is 2. The Kier molecular flexibility index (Phi) is 3.30. The van der Waals surface area contributed by atoms with E-state index in [1.807, 2.05) is 4.90 Å². The van der Waals surface area contributed by atoms with Crippen molar-refractivity contribution in [3.05, 3.63) is 30.1 Å². The van der Waals surface area contributed by atoms with Gasteiger partial charge >= 0.3 is 5.97 Å². The molecule has 2 aliphatic carbocycles. The predicted octanol–water partition coefficient (Wildman–Crippen LogP) is 1.67. The van der Waals surface area contributed by atoms with Crippen molar-refractivity contribution in [2.24, 2.45) is 23.7 Å². The quantitative estimate of drug-likeness (QED) is 0.766. The molecule has 0 N–H and O–H groups in total. The Morgan fingerprint density at radius 3 is 2.52 bits per heavy atom. The summed E-state index contributed by atoms with van der Waals surface area (Å²) in [6.07, 6.45) is 1.90. The van der Waals surface area contributed by atoms with E-state index >= 15 is 0 Å². The van der Waals surface area contributed by atoms with Gasteiger partial charge in [0.25, 0.3) is 0 Å². The van der Waals surface area contributed by atoms with Crippen molar-refractivity contribution in [2.45, 2.75) is 18.9 Å². The van der Waals surface area contributed by atoms with Crippen molar-refractivity contribution in [1.29, 1.82) is 0 Å². The molecular weight excluding hydrogens is 323 g/mol. The van der Waals surface area contributed by atoms with Crippen LogP contribution in [0.4, 0.5) is 10.1 Å². The third-order valence-corrected chi connectivity index (χ3v) is 6.55. The summed E-state index contributed by atoms with van der Waals surface area (Å²) in [6, 6.07) is 6.48. The average Bonchev–Trinajstić information content (AvgIpc) is 3.24. The number of benzene rings is 1. The number of rotatable bonds is 2. The standard InChI is InChI=1S/C19H21FN2O3/c20-12-1-3-13(4-2-12)21-5-7-22(8-6-21)18(23)16-11-9-14-15(10-11)25-19(24)17(14)16/h1-4,11,14-17H,5-10H2. The molecule has 1 aromatic carbocycles. The van der Waals surface area contributed by atoms with Crippen LogP contribution in [-0.2, 0) is 14.3 Å². The molecule has 2 aliphatic heterocycles. The van der Waals surface area contributed by atoms with Crippen molar-refractivity contribution < 1.29 is 18.7 Å². The van der Waals surface area contributed by atoms with Crippen LogP contribution in [0.2, 0.25) is 0 Å². The zero-order valence-corrected chi connectivity index (χ0v) is 13.9. The van der Waals surface area contributed by atoms with Crippen LogP contribution in [0, 0.1) is 29.5 Å². The second-order valence-corrected chi connectivity index (χ2v) is 7.71. The lowest BCUT2D eigenvalue weighted by molar-refractivity contribution is -0.148. The van der Waals surface area contributed by atoms with Gasteiger partial charge in [0.05, 0.1) is 11.8 Å². The van der Waals surface area contributed by atoms with Crippen molar-refractivity contribution >= 4 is 17.6 Å². The van der Waals surface area contributed by atoms with Crippen LogP contribution in [0.5, 0.6) is 0 Å². The Bertz CT molecular complexity index is 712. The van der Waals surface area contributed by atoms with Crippen LogP contribution in [-0.4, -0.2) is 49.1 Å². The fourth-order valence-corrected chi connectivity index (χ4v) is 5.39. The minimum Gasteiger partial charge on any atom is -0.462 e. The van der Waals surface area contributed by atoms with Crippen molar-refractivity contribution in [3.63, 3.8) is 0 Å². The molecule has 1 aromatic rings. The van der Waals surface area contributed by atoms with E-state index in [1.165, 1.54) is 12.1 Å². The van der Waals surface area contributed by atoms with E-state index in [4.69, 9.17) is 4.74 Å². The monoisotopic (exact) mass is 344 g/mol. The summed E-state index contributed by atoms with van der Waals surface area (Å²) in [5, 5.41) is 0. The lowest BCUT2D eigenvalue weighted by Crippen LogP contribution is -2.52. The predicted molar refractivity (Wildman–Crippen MR) is 88.3 cm³/mol. The molecule has 4 aliphatic rings. The second kappa shape index (κ2) is 5.44. The lowest BCUT2D eigenvalue weighted by Gasteiger charge is -2.38. The number of hydrogen-bond acceptors (Lipinski definition) is 4. The molecular formula is C19H21FN2O3. The van der Waals surface area contributed by atoms with Gasteiger partial charge in [-0.3, -0.25) is 9.59 Å². The van der Waals surface area contributed by atoms with E-state index < -0.39 is 0 Å². The van der Waals surface area contributed by atoms with Gasteiger partial charge in [0, 0.05) is 37.8 Å². The highest BCUT2D eigenvalue weighted by Gasteiger charge is 2.64. The van der Waals surface area contributed by atoms with Gasteiger partial charge in [0.1, 0.15) is 11.9 Å². The largest absolute Gasteiger partial charge is 0.462 e. The molecule has 25 heavy (non-hydrogen) atoms. The molecule has 5 rings (SSSR count). The summed E-state index contributed by atoms with van der Waals surface area (Å²) in [4.78, 5) is 29.3. The van der Waals surface area contributed by atoms with E-state index in [1.54, 1.807) is 12.1 Å². The first-order chi connectivity index (χ1) is 12.1. The number of hydrogen-bond donors (Lipinski definition) is 0. The second-order valence-electron chi connectivity index (χ2n) is 7.71. The summed E-state index contributed by atoms with van der Waals surface area (Å²) in [6.45, 7) is 2.76. The van der Waals surface area contributed by atoms with Crippen molar-refractivity contribution in [3.8, 4) is 0 Å². The van der Waals surface area contributed by atoms with E-state index in [-0.39, 0.29) is 41.6 Å². The number of amides is 1. The van der Waals surface area contributed by atoms with E-state index in [0.29, 0.717) is 19.0 Å². The number of fused-ring (bicyclic) bond motifs is 1. The molecule has 5 nitrogen and oxygen atoms in total. The normalized spacial score (nSPS) is 36.0. The summed E-state index contributed by atoms with van der Waals surface area (Å²) in [7, 11) is 0. The SMILES string of the molecule is O=C1OC2CC3CC2C1C3C(=O)N1CCN(c2ccc(F)cc2)CC1. The van der Waals surface area contributed by atoms with Crippen LogP contribution in [0.1, 0.15) is 12.8 Å². The average molecular weight is 344 g/mol. The van der Waals surface area contributed by atoms with Gasteiger partial charge in [-0.1, -0.05) is 0 Å². The minimum absolute atomic E-state index is 0.0712. The van der Waals surface area contributed by atoms with Crippen molar-refractivity contribution in [2.75, 3.05) is 31.1 Å². The Labute approximate surface area is 145 Å². The third-order valence-electron chi connectivity index (χ3n) is 6.55. The van der Waals surface area contributed by atoms with Gasteiger partial charge in [-0.05, 0) is 43.0 Å². The van der Waals surface area contributed by atoms with Gasteiger partial charge in [0.2, 0.25) is 5.91 Å². The first-order valence-corrected chi connectivity index (χ1v) is 9.11. The first kappa shape index (κ1) is 15.2. The van der Waals surface area contributed by atoms with E-state index in [9.17, 15) is 14.0 Å². The molecule has 4 fully saturated rings. The molecule has 2 heterocycles. The molecule has 0 spiro atoms. The molecule has 0 aromatic heterocycles. The number of piperazine rings is 1. The van der Waals surface area contributed by atoms with E-state index in [2.05, 4.69) is 4.90 Å². The molecule has 2 bridgehead atoms. The van der Waals surface area contributed by atoms with Crippen LogP contribution >= 0.6 is 0 Å². The summed E-state index contributed by atoms with van der Waals surface area (Å²) in [5.74, 6) is -0.0523. The van der Waals surface area contributed by atoms with Gasteiger partial charge < -0.3 is 14.5 Å². The molecule has 6 heteroatoms. The number of ether oxygens (including phenoxy) is 1. The van der Waals surface area contributed by atoms with Gasteiger partial charge in [-0.25, -0.2) is 4.39 Å². The van der Waals surface area contributed by atoms with Gasteiger partial charge in [0.15, 0.2) is 0 Å². The number of carbonyl (C=O) groups excluding carboxylic acids is 2. The molecule has 2 saturated carbocycles. The van der Waals surface area contributed by atoms with Crippen LogP contribution in [0.15, 0.2) is 24.3 Å². The summed E-state index contributed by atoms with van der Waals surface area (Å²) >= 11 is 0. The zero-order valence-electron chi connectivity index (χ0n) is 13.9. The smallest absolute Gasteiger partial charge is 0.310 e. The number of halogens is 1. The highest BCUT2D eigenvalue weighted by atomic mass is 19.1. The Morgan fingerprint density at radius 2 is 1.80 bits per heavy atom. The van der Waals surface area contributed by atoms with Crippen LogP contribution in [0.3, 0.4) is 0 Å². The fourth-order valence-electron chi connectivity index (χ4n) is 5.39. The lowest BCUT2D eigenvalue weighted by atomic mass is 9.79. The maximum absolute atomic E-state index is 13.1. The van der Waals surface area contributed by atoms with Gasteiger partial charge in [-0.2, -0.15) is 0 Å². The topological polar surface area (TPSA) is 49.9 Å². The van der Waals surface area contributed by atoms with Crippen LogP contribution < -0.4 is 4.90 Å². The molecule has 0 radical (unpaired) electrons. The molecule has 5 unspecified atom stereocenters. The van der Waals surface area contributed by atoms with Crippen LogP contribution in [0.25, 0.3) is 0 Å². The maximum Gasteiger partial charge on any atom is 0.310 e. The molecule has 132 valence electrons. The number of carbonyl (C=O) groups is 2. The molecule has 5 atom stereocenters. The van der Waals surface area contributed by atoms with Crippen molar-refractivity contribution in [1.82, 2.24) is 4.90 Å². The Balaban J connectivity index is 1.26. The Morgan fingerprint density at radius 1 is 1.08 bits per heavy atom. The number of esters is 1. The summed E-state index contributed by atoms with van der Waals surface area (Å²) < 4.78 is 18.5. The third kappa shape index (κ3) is 2.26. The summed E-state index contributed by atoms with van der Waals surface area (Å²) in [5.41, 5.74) is 0.982. The molecule has 1 amide bonds. The highest BCUT2D eigenvalue weighted by molar-refractivity contribution is 5.88. The van der Waals surface area contributed by atoms with E-state index in [0.717, 1.165) is 31.6 Å². The maximum atomic E-state index is 13.1. The Hall–Kier alpha value is -2.11. The molecule has 2 saturated heterocycles. The van der Waals surface area contributed by atoms with Gasteiger partial charge in [-0.15, -0.1) is 0 Å². The highest BCUT2D eigenvalue weighted by Crippen LogP contribution is 2.58.